The minimum Gasteiger partial charge on any atom is -0.495 e. The molecular formula is C14H10Br2FNO2. The zero-order chi connectivity index (χ0) is 14.7. The number of carbonyl (C=O) groups excluding carboxylic acids is 1. The summed E-state index contributed by atoms with van der Waals surface area (Å²) in [5.41, 5.74) is 0.413. The molecule has 0 saturated carbocycles. The summed E-state index contributed by atoms with van der Waals surface area (Å²) in [7, 11) is 1.50. The van der Waals surface area contributed by atoms with E-state index >= 15 is 0 Å². The fourth-order valence-electron chi connectivity index (χ4n) is 1.68. The Hall–Kier alpha value is -1.40. The average molecular weight is 403 g/mol. The standard InChI is InChI=1S/C14H10Br2FNO2/c1-20-12-6-5-8(15)7-11(12)18-14(19)13-9(16)3-2-4-10(13)17/h2-7H,1H3,(H,18,19). The van der Waals surface area contributed by atoms with Crippen molar-refractivity contribution < 1.29 is 13.9 Å². The molecule has 0 aromatic heterocycles. The van der Waals surface area contributed by atoms with Gasteiger partial charge in [-0.25, -0.2) is 4.39 Å². The molecule has 0 unspecified atom stereocenters. The monoisotopic (exact) mass is 401 g/mol. The van der Waals surface area contributed by atoms with E-state index in [1.807, 2.05) is 0 Å². The van der Waals surface area contributed by atoms with Crippen LogP contribution in [-0.4, -0.2) is 13.0 Å². The van der Waals surface area contributed by atoms with Crippen molar-refractivity contribution in [3.05, 3.63) is 56.7 Å². The number of halogens is 3. The minimum absolute atomic E-state index is 0.0467. The van der Waals surface area contributed by atoms with Crippen LogP contribution in [0.4, 0.5) is 10.1 Å². The molecule has 0 fully saturated rings. The predicted molar refractivity (Wildman–Crippen MR) is 82.7 cm³/mol. The lowest BCUT2D eigenvalue weighted by Crippen LogP contribution is -2.15. The second-order valence-electron chi connectivity index (χ2n) is 3.90. The molecule has 0 aliphatic heterocycles. The van der Waals surface area contributed by atoms with Crippen LogP contribution in [0.2, 0.25) is 0 Å². The van der Waals surface area contributed by atoms with E-state index in [9.17, 15) is 9.18 Å². The number of ether oxygens (including phenoxy) is 1. The predicted octanol–water partition coefficient (Wildman–Crippen LogP) is 4.61. The molecule has 0 aliphatic rings. The lowest BCUT2D eigenvalue weighted by atomic mass is 10.2. The van der Waals surface area contributed by atoms with Crippen LogP contribution < -0.4 is 10.1 Å². The van der Waals surface area contributed by atoms with Gasteiger partial charge in [0.15, 0.2) is 0 Å². The number of amides is 1. The molecule has 2 aromatic rings. The van der Waals surface area contributed by atoms with Gasteiger partial charge in [0.05, 0.1) is 18.4 Å². The Morgan fingerprint density at radius 1 is 1.25 bits per heavy atom. The average Bonchev–Trinajstić information content (AvgIpc) is 2.38. The molecule has 0 bridgehead atoms. The van der Waals surface area contributed by atoms with Crippen LogP contribution >= 0.6 is 31.9 Å². The number of carbonyl (C=O) groups is 1. The third-order valence-corrected chi connectivity index (χ3v) is 3.75. The molecule has 0 aliphatic carbocycles. The highest BCUT2D eigenvalue weighted by molar-refractivity contribution is 9.10. The second-order valence-corrected chi connectivity index (χ2v) is 5.67. The lowest BCUT2D eigenvalue weighted by molar-refractivity contribution is 0.102. The molecule has 0 radical (unpaired) electrons. The third kappa shape index (κ3) is 3.19. The van der Waals surface area contributed by atoms with Gasteiger partial charge in [-0.2, -0.15) is 0 Å². The fraction of sp³-hybridized carbons (Fsp3) is 0.0714. The Morgan fingerprint density at radius 2 is 2.00 bits per heavy atom. The van der Waals surface area contributed by atoms with Crippen molar-refractivity contribution in [3.63, 3.8) is 0 Å². The summed E-state index contributed by atoms with van der Waals surface area (Å²) in [6, 6.07) is 9.54. The number of anilines is 1. The highest BCUT2D eigenvalue weighted by Gasteiger charge is 2.17. The van der Waals surface area contributed by atoms with E-state index in [4.69, 9.17) is 4.74 Å². The fourth-order valence-corrected chi connectivity index (χ4v) is 2.56. The van der Waals surface area contributed by atoms with Crippen molar-refractivity contribution in [2.45, 2.75) is 0 Å². The smallest absolute Gasteiger partial charge is 0.259 e. The van der Waals surface area contributed by atoms with E-state index < -0.39 is 11.7 Å². The van der Waals surface area contributed by atoms with Crippen molar-refractivity contribution in [2.75, 3.05) is 12.4 Å². The van der Waals surface area contributed by atoms with Crippen LogP contribution in [0.5, 0.6) is 5.75 Å². The maximum absolute atomic E-state index is 13.7. The van der Waals surface area contributed by atoms with E-state index in [0.717, 1.165) is 4.47 Å². The summed E-state index contributed by atoms with van der Waals surface area (Å²) in [5.74, 6) is -0.647. The molecule has 2 rings (SSSR count). The van der Waals surface area contributed by atoms with E-state index in [1.54, 1.807) is 24.3 Å². The maximum Gasteiger partial charge on any atom is 0.259 e. The van der Waals surface area contributed by atoms with E-state index in [1.165, 1.54) is 19.2 Å². The van der Waals surface area contributed by atoms with Gasteiger partial charge in [-0.1, -0.05) is 22.0 Å². The van der Waals surface area contributed by atoms with Crippen LogP contribution in [-0.2, 0) is 0 Å². The van der Waals surface area contributed by atoms with Crippen molar-refractivity contribution in [1.29, 1.82) is 0 Å². The number of rotatable bonds is 3. The second kappa shape index (κ2) is 6.37. The Balaban J connectivity index is 2.35. The molecule has 0 saturated heterocycles. The van der Waals surface area contributed by atoms with Crippen LogP contribution in [0.15, 0.2) is 45.3 Å². The molecule has 2 aromatic carbocycles. The van der Waals surface area contributed by atoms with Gasteiger partial charge in [0.2, 0.25) is 0 Å². The maximum atomic E-state index is 13.7. The quantitative estimate of drug-likeness (QED) is 0.813. The van der Waals surface area contributed by atoms with Crippen LogP contribution in [0, 0.1) is 5.82 Å². The normalized spacial score (nSPS) is 10.2. The summed E-state index contributed by atoms with van der Waals surface area (Å²) in [5, 5.41) is 2.64. The lowest BCUT2D eigenvalue weighted by Gasteiger charge is -2.11. The third-order valence-electron chi connectivity index (χ3n) is 2.60. The molecule has 0 atom stereocenters. The highest BCUT2D eigenvalue weighted by Crippen LogP contribution is 2.29. The Kier molecular flexibility index (Phi) is 4.77. The number of nitrogens with one attached hydrogen (secondary N) is 1. The van der Waals surface area contributed by atoms with Gasteiger partial charge >= 0.3 is 0 Å². The molecule has 3 nitrogen and oxygen atoms in total. The Labute approximate surface area is 132 Å². The number of benzene rings is 2. The van der Waals surface area contributed by atoms with Crippen molar-refractivity contribution in [2.24, 2.45) is 0 Å². The van der Waals surface area contributed by atoms with Gasteiger partial charge in [0.25, 0.3) is 5.91 Å². The molecule has 0 heterocycles. The van der Waals surface area contributed by atoms with Crippen LogP contribution in [0.1, 0.15) is 10.4 Å². The first-order valence-corrected chi connectivity index (χ1v) is 7.20. The van der Waals surface area contributed by atoms with Crippen LogP contribution in [0.25, 0.3) is 0 Å². The van der Waals surface area contributed by atoms with Crippen molar-refractivity contribution in [1.82, 2.24) is 0 Å². The van der Waals surface area contributed by atoms with Gasteiger partial charge in [-0.15, -0.1) is 0 Å². The summed E-state index contributed by atoms with van der Waals surface area (Å²) < 4.78 is 20.1. The molecular weight excluding hydrogens is 393 g/mol. The molecule has 1 N–H and O–H groups in total. The minimum atomic E-state index is -0.592. The van der Waals surface area contributed by atoms with E-state index in [-0.39, 0.29) is 5.56 Å². The Bertz CT molecular complexity index is 641. The van der Waals surface area contributed by atoms with Crippen molar-refractivity contribution in [3.8, 4) is 5.75 Å². The zero-order valence-electron chi connectivity index (χ0n) is 10.4. The van der Waals surface area contributed by atoms with Gasteiger partial charge in [-0.05, 0) is 46.3 Å². The molecule has 1 amide bonds. The van der Waals surface area contributed by atoms with Gasteiger partial charge in [0, 0.05) is 8.95 Å². The first-order valence-electron chi connectivity index (χ1n) is 5.62. The highest BCUT2D eigenvalue weighted by atomic mass is 79.9. The molecule has 20 heavy (non-hydrogen) atoms. The topological polar surface area (TPSA) is 38.3 Å². The number of hydrogen-bond acceptors (Lipinski definition) is 2. The van der Waals surface area contributed by atoms with Crippen LogP contribution in [0.3, 0.4) is 0 Å². The molecule has 0 spiro atoms. The SMILES string of the molecule is COc1ccc(Br)cc1NC(=O)c1c(F)cccc1Br. The summed E-state index contributed by atoms with van der Waals surface area (Å²) >= 11 is 6.48. The Morgan fingerprint density at radius 3 is 2.65 bits per heavy atom. The van der Waals surface area contributed by atoms with Gasteiger partial charge < -0.3 is 10.1 Å². The summed E-state index contributed by atoms with van der Waals surface area (Å²) in [6.07, 6.45) is 0. The first kappa shape index (κ1) is 15.0. The number of hydrogen-bond donors (Lipinski definition) is 1. The van der Waals surface area contributed by atoms with E-state index in [0.29, 0.717) is 15.9 Å². The van der Waals surface area contributed by atoms with Crippen molar-refractivity contribution >= 4 is 43.5 Å². The molecule has 104 valence electrons. The van der Waals surface area contributed by atoms with Gasteiger partial charge in [-0.3, -0.25) is 4.79 Å². The van der Waals surface area contributed by atoms with Gasteiger partial charge in [0.1, 0.15) is 11.6 Å². The summed E-state index contributed by atoms with van der Waals surface area (Å²) in [6.45, 7) is 0. The number of methoxy groups -OCH3 is 1. The largest absolute Gasteiger partial charge is 0.495 e. The molecule has 6 heteroatoms. The summed E-state index contributed by atoms with van der Waals surface area (Å²) in [4.78, 5) is 12.2. The first-order chi connectivity index (χ1) is 9.52. The van der Waals surface area contributed by atoms with E-state index in [2.05, 4.69) is 37.2 Å². The zero-order valence-corrected chi connectivity index (χ0v) is 13.6.